The Morgan fingerprint density at radius 1 is 1.23 bits per heavy atom. The normalized spacial score (nSPS) is 22.9. The van der Waals surface area contributed by atoms with Crippen molar-refractivity contribution in [3.05, 3.63) is 29.8 Å². The lowest BCUT2D eigenvalue weighted by molar-refractivity contribution is -0.0249. The highest BCUT2D eigenvalue weighted by Crippen LogP contribution is 2.20. The molecule has 1 aromatic carbocycles. The van der Waals surface area contributed by atoms with Crippen molar-refractivity contribution in [3.8, 4) is 0 Å². The number of nitrogens with zero attached hydrogens (tertiary/aromatic N) is 2. The van der Waals surface area contributed by atoms with Gasteiger partial charge in [0.2, 0.25) is 10.0 Å². The predicted octanol–water partition coefficient (Wildman–Crippen LogP) is 1.19. The van der Waals surface area contributed by atoms with Crippen LogP contribution in [-0.4, -0.2) is 62.9 Å². The molecular weight excluding hydrogens is 304 g/mol. The minimum Gasteiger partial charge on any atom is -0.377 e. The number of sulfonamides is 1. The molecule has 0 aliphatic carbocycles. The second-order valence-corrected chi connectivity index (χ2v) is 7.92. The Kier molecular flexibility index (Phi) is 4.89. The smallest absolute Gasteiger partial charge is 0.254 e. The van der Waals surface area contributed by atoms with Gasteiger partial charge in [-0.25, -0.2) is 12.7 Å². The van der Waals surface area contributed by atoms with E-state index in [-0.39, 0.29) is 22.9 Å². The molecular formula is C15H22N2O4S. The third-order valence-electron chi connectivity index (χ3n) is 3.76. The molecule has 0 N–H and O–H groups in total. The molecule has 7 heteroatoms. The molecule has 1 aliphatic rings. The van der Waals surface area contributed by atoms with Crippen molar-refractivity contribution < 1.29 is 17.9 Å². The average molecular weight is 326 g/mol. The fourth-order valence-corrected chi connectivity index (χ4v) is 3.50. The topological polar surface area (TPSA) is 66.9 Å². The number of hydrogen-bond acceptors (Lipinski definition) is 4. The minimum absolute atomic E-state index is 0.0367. The van der Waals surface area contributed by atoms with Gasteiger partial charge >= 0.3 is 0 Å². The number of benzene rings is 1. The number of amides is 1. The van der Waals surface area contributed by atoms with Crippen LogP contribution in [0.5, 0.6) is 0 Å². The van der Waals surface area contributed by atoms with E-state index < -0.39 is 10.0 Å². The molecule has 1 aliphatic heterocycles. The van der Waals surface area contributed by atoms with Crippen molar-refractivity contribution >= 4 is 15.9 Å². The molecule has 2 unspecified atom stereocenters. The second kappa shape index (κ2) is 6.36. The summed E-state index contributed by atoms with van der Waals surface area (Å²) in [5, 5.41) is 0. The summed E-state index contributed by atoms with van der Waals surface area (Å²) >= 11 is 0. The van der Waals surface area contributed by atoms with E-state index in [0.29, 0.717) is 18.8 Å². The molecule has 0 spiro atoms. The number of carbonyl (C=O) groups is 1. The average Bonchev–Trinajstić information content (AvgIpc) is 2.47. The van der Waals surface area contributed by atoms with Gasteiger partial charge < -0.3 is 9.64 Å². The molecule has 0 saturated carbocycles. The lowest BCUT2D eigenvalue weighted by Crippen LogP contribution is -2.52. The van der Waals surface area contributed by atoms with Crippen LogP contribution in [0.15, 0.2) is 29.2 Å². The van der Waals surface area contributed by atoms with Crippen LogP contribution in [0.2, 0.25) is 0 Å². The van der Waals surface area contributed by atoms with E-state index in [1.807, 2.05) is 13.8 Å². The van der Waals surface area contributed by atoms with E-state index in [1.165, 1.54) is 26.2 Å². The van der Waals surface area contributed by atoms with Gasteiger partial charge in [-0.2, -0.15) is 0 Å². The fourth-order valence-electron chi connectivity index (χ4n) is 2.55. The Balaban J connectivity index is 2.35. The van der Waals surface area contributed by atoms with Gasteiger partial charge in [0.1, 0.15) is 0 Å². The summed E-state index contributed by atoms with van der Waals surface area (Å²) < 4.78 is 30.9. The number of carbonyl (C=O) groups excluding carboxylic acids is 1. The highest BCUT2D eigenvalue weighted by molar-refractivity contribution is 7.89. The summed E-state index contributed by atoms with van der Waals surface area (Å²) in [6.45, 7) is 4.83. The zero-order chi connectivity index (χ0) is 16.5. The van der Waals surface area contributed by atoms with E-state index in [0.717, 1.165) is 4.31 Å². The SMILES string of the molecule is CC1COCC(C)N1C(=O)c1cccc(S(=O)(=O)N(C)C)c1. The first-order valence-electron chi connectivity index (χ1n) is 7.18. The zero-order valence-corrected chi connectivity index (χ0v) is 14.1. The minimum atomic E-state index is -3.55. The molecule has 22 heavy (non-hydrogen) atoms. The van der Waals surface area contributed by atoms with Crippen LogP contribution in [0.4, 0.5) is 0 Å². The van der Waals surface area contributed by atoms with Gasteiger partial charge in [0.15, 0.2) is 0 Å². The first-order valence-corrected chi connectivity index (χ1v) is 8.62. The van der Waals surface area contributed by atoms with E-state index in [9.17, 15) is 13.2 Å². The van der Waals surface area contributed by atoms with Gasteiger partial charge in [0.25, 0.3) is 5.91 Å². The molecule has 1 amide bonds. The van der Waals surface area contributed by atoms with Crippen molar-refractivity contribution in [1.29, 1.82) is 0 Å². The van der Waals surface area contributed by atoms with Gasteiger partial charge in [-0.05, 0) is 32.0 Å². The first kappa shape index (κ1) is 16.9. The zero-order valence-electron chi connectivity index (χ0n) is 13.3. The summed E-state index contributed by atoms with van der Waals surface area (Å²) in [4.78, 5) is 14.6. The molecule has 1 fully saturated rings. The lowest BCUT2D eigenvalue weighted by atomic mass is 10.1. The van der Waals surface area contributed by atoms with Crippen LogP contribution >= 0.6 is 0 Å². The highest BCUT2D eigenvalue weighted by Gasteiger charge is 2.31. The number of ether oxygens (including phenoxy) is 1. The third kappa shape index (κ3) is 3.16. The van der Waals surface area contributed by atoms with Gasteiger partial charge in [-0.1, -0.05) is 6.07 Å². The molecule has 6 nitrogen and oxygen atoms in total. The summed E-state index contributed by atoms with van der Waals surface area (Å²) in [5.74, 6) is -0.167. The summed E-state index contributed by atoms with van der Waals surface area (Å²) in [6, 6.07) is 6.10. The Morgan fingerprint density at radius 2 is 1.82 bits per heavy atom. The lowest BCUT2D eigenvalue weighted by Gasteiger charge is -2.38. The van der Waals surface area contributed by atoms with E-state index in [2.05, 4.69) is 0 Å². The fraction of sp³-hybridized carbons (Fsp3) is 0.533. The van der Waals surface area contributed by atoms with Gasteiger partial charge in [-0.3, -0.25) is 4.79 Å². The largest absolute Gasteiger partial charge is 0.377 e. The van der Waals surface area contributed by atoms with E-state index in [4.69, 9.17) is 4.74 Å². The van der Waals surface area contributed by atoms with Crippen LogP contribution in [-0.2, 0) is 14.8 Å². The Hall–Kier alpha value is -1.44. The molecule has 122 valence electrons. The van der Waals surface area contributed by atoms with Crippen molar-refractivity contribution in [2.45, 2.75) is 30.8 Å². The summed E-state index contributed by atoms with van der Waals surface area (Å²) in [7, 11) is -0.616. The summed E-state index contributed by atoms with van der Waals surface area (Å²) in [6.07, 6.45) is 0. The predicted molar refractivity (Wildman–Crippen MR) is 83.2 cm³/mol. The molecule has 1 aromatic rings. The van der Waals surface area contributed by atoms with E-state index in [1.54, 1.807) is 17.0 Å². The summed E-state index contributed by atoms with van der Waals surface area (Å²) in [5.41, 5.74) is 0.378. The monoisotopic (exact) mass is 326 g/mol. The second-order valence-electron chi connectivity index (χ2n) is 5.76. The standard InChI is InChI=1S/C15H22N2O4S/c1-11-9-21-10-12(2)17(11)15(18)13-6-5-7-14(8-13)22(19,20)16(3)4/h5-8,11-12H,9-10H2,1-4H3. The van der Waals surface area contributed by atoms with Crippen LogP contribution < -0.4 is 0 Å². The maximum absolute atomic E-state index is 12.7. The molecule has 2 rings (SSSR count). The van der Waals surface area contributed by atoms with Crippen molar-refractivity contribution in [2.75, 3.05) is 27.3 Å². The molecule has 1 saturated heterocycles. The quantitative estimate of drug-likeness (QED) is 0.837. The first-order chi connectivity index (χ1) is 10.2. The molecule has 0 aromatic heterocycles. The van der Waals surface area contributed by atoms with Crippen molar-refractivity contribution in [1.82, 2.24) is 9.21 Å². The van der Waals surface area contributed by atoms with Crippen LogP contribution in [0.1, 0.15) is 24.2 Å². The van der Waals surface area contributed by atoms with Crippen LogP contribution in [0, 0.1) is 0 Å². The van der Waals surface area contributed by atoms with Crippen molar-refractivity contribution in [3.63, 3.8) is 0 Å². The molecule has 0 bridgehead atoms. The van der Waals surface area contributed by atoms with Crippen LogP contribution in [0.25, 0.3) is 0 Å². The van der Waals surface area contributed by atoms with Gasteiger partial charge in [-0.15, -0.1) is 0 Å². The number of rotatable bonds is 3. The molecule has 0 radical (unpaired) electrons. The van der Waals surface area contributed by atoms with Crippen LogP contribution in [0.3, 0.4) is 0 Å². The molecule has 2 atom stereocenters. The van der Waals surface area contributed by atoms with E-state index >= 15 is 0 Å². The Morgan fingerprint density at radius 3 is 2.36 bits per heavy atom. The number of morpholine rings is 1. The molecule has 1 heterocycles. The highest BCUT2D eigenvalue weighted by atomic mass is 32.2. The third-order valence-corrected chi connectivity index (χ3v) is 5.57. The maximum atomic E-state index is 12.7. The van der Waals surface area contributed by atoms with Crippen molar-refractivity contribution in [2.24, 2.45) is 0 Å². The number of hydrogen-bond donors (Lipinski definition) is 0. The maximum Gasteiger partial charge on any atom is 0.254 e. The Labute approximate surface area is 131 Å². The van der Waals surface area contributed by atoms with Gasteiger partial charge in [0, 0.05) is 19.7 Å². The Bertz CT molecular complexity index is 647. The van der Waals surface area contributed by atoms with Gasteiger partial charge in [0.05, 0.1) is 30.2 Å².